The number of carbonyl (C=O) groups excluding carboxylic acids is 1. The van der Waals surface area contributed by atoms with Crippen LogP contribution >= 0.6 is 11.3 Å². The fourth-order valence-corrected chi connectivity index (χ4v) is 6.20. The number of carbonyl (C=O) groups is 1. The maximum absolute atomic E-state index is 13.4. The van der Waals surface area contributed by atoms with Gasteiger partial charge in [-0.15, -0.1) is 11.3 Å². The summed E-state index contributed by atoms with van der Waals surface area (Å²) in [5.41, 5.74) is 2.83. The van der Waals surface area contributed by atoms with Crippen LogP contribution in [-0.2, 0) is 11.3 Å². The number of likely N-dealkylation sites (tertiary alicyclic amines) is 1. The van der Waals surface area contributed by atoms with E-state index in [4.69, 9.17) is 9.47 Å². The lowest BCUT2D eigenvalue weighted by Crippen LogP contribution is -2.36. The van der Waals surface area contributed by atoms with Crippen LogP contribution < -0.4 is 15.0 Å². The lowest BCUT2D eigenvalue weighted by molar-refractivity contribution is -0.132. The molecule has 7 nitrogen and oxygen atoms in total. The molecule has 0 spiro atoms. The molecule has 2 aromatic heterocycles. The molecule has 35 heavy (non-hydrogen) atoms. The predicted molar refractivity (Wildman–Crippen MR) is 135 cm³/mol. The number of aryl methyl sites for hydroxylation is 1. The summed E-state index contributed by atoms with van der Waals surface area (Å²) in [6.07, 6.45) is 3.30. The largest absolute Gasteiger partial charge is 0.486 e. The highest BCUT2D eigenvalue weighted by Crippen LogP contribution is 2.38. The number of aromatic nitrogens is 2. The van der Waals surface area contributed by atoms with Crippen molar-refractivity contribution in [1.29, 1.82) is 0 Å². The zero-order chi connectivity index (χ0) is 23.9. The standard InChI is InChI=1S/C27H25N3O4S/c1-17-24-26(35-25(17)18-6-3-2-4-7-18)28-16-29(27(24)32)15-23(31)30-11-5-8-20(30)19-9-10-21-22(14-19)34-13-12-33-21/h2-4,6-7,9-10,14,16,20H,5,8,11-13,15H2,1H3/t20-/m1/s1. The Morgan fingerprint density at radius 2 is 1.91 bits per heavy atom. The van der Waals surface area contributed by atoms with E-state index < -0.39 is 0 Å². The van der Waals surface area contributed by atoms with Crippen LogP contribution in [-0.4, -0.2) is 40.1 Å². The molecule has 8 heteroatoms. The van der Waals surface area contributed by atoms with Gasteiger partial charge in [-0.3, -0.25) is 14.2 Å². The minimum atomic E-state index is -0.172. The number of hydrogen-bond donors (Lipinski definition) is 0. The normalized spacial score (nSPS) is 17.2. The molecule has 0 radical (unpaired) electrons. The number of ether oxygens (including phenoxy) is 2. The summed E-state index contributed by atoms with van der Waals surface area (Å²) in [5.74, 6) is 1.38. The lowest BCUT2D eigenvalue weighted by atomic mass is 10.0. The number of rotatable bonds is 4. The van der Waals surface area contributed by atoms with Gasteiger partial charge in [0, 0.05) is 11.4 Å². The average Bonchev–Trinajstić information content (AvgIpc) is 3.51. The van der Waals surface area contributed by atoms with Crippen molar-refractivity contribution in [2.45, 2.75) is 32.4 Å². The molecule has 178 valence electrons. The van der Waals surface area contributed by atoms with Crippen molar-refractivity contribution in [2.75, 3.05) is 19.8 Å². The van der Waals surface area contributed by atoms with Crippen molar-refractivity contribution in [2.24, 2.45) is 0 Å². The maximum atomic E-state index is 13.4. The molecular weight excluding hydrogens is 462 g/mol. The van der Waals surface area contributed by atoms with Crippen LogP contribution in [0.25, 0.3) is 20.7 Å². The van der Waals surface area contributed by atoms with Gasteiger partial charge in [0.2, 0.25) is 5.91 Å². The fourth-order valence-electron chi connectivity index (χ4n) is 5.05. The van der Waals surface area contributed by atoms with E-state index in [0.29, 0.717) is 30.0 Å². The summed E-state index contributed by atoms with van der Waals surface area (Å²) < 4.78 is 12.8. The minimum absolute atomic E-state index is 0.0290. The van der Waals surface area contributed by atoms with E-state index in [-0.39, 0.29) is 24.1 Å². The van der Waals surface area contributed by atoms with Crippen LogP contribution in [0.1, 0.15) is 30.0 Å². The molecule has 1 fully saturated rings. The predicted octanol–water partition coefficient (Wildman–Crippen LogP) is 4.57. The zero-order valence-corrected chi connectivity index (χ0v) is 20.2. The smallest absolute Gasteiger partial charge is 0.262 e. The van der Waals surface area contributed by atoms with Gasteiger partial charge in [0.25, 0.3) is 5.56 Å². The highest BCUT2D eigenvalue weighted by Gasteiger charge is 2.31. The number of fused-ring (bicyclic) bond motifs is 2. The van der Waals surface area contributed by atoms with Crippen LogP contribution in [0.3, 0.4) is 0 Å². The van der Waals surface area contributed by atoms with Gasteiger partial charge in [0.1, 0.15) is 24.6 Å². The Labute approximate surface area is 206 Å². The molecule has 1 saturated heterocycles. The van der Waals surface area contributed by atoms with Crippen LogP contribution in [0.2, 0.25) is 0 Å². The van der Waals surface area contributed by atoms with Crippen molar-refractivity contribution in [1.82, 2.24) is 14.5 Å². The molecule has 0 bridgehead atoms. The lowest BCUT2D eigenvalue weighted by Gasteiger charge is -2.27. The molecule has 4 heterocycles. The third kappa shape index (κ3) is 3.87. The van der Waals surface area contributed by atoms with Crippen molar-refractivity contribution in [3.8, 4) is 21.9 Å². The highest BCUT2D eigenvalue weighted by atomic mass is 32.1. The molecular formula is C27H25N3O4S. The van der Waals surface area contributed by atoms with E-state index >= 15 is 0 Å². The molecule has 2 aromatic carbocycles. The first kappa shape index (κ1) is 21.9. The quantitative estimate of drug-likeness (QED) is 0.422. The molecule has 6 rings (SSSR count). The Balaban J connectivity index is 1.28. The summed E-state index contributed by atoms with van der Waals surface area (Å²) in [7, 11) is 0. The second-order valence-electron chi connectivity index (χ2n) is 8.93. The highest BCUT2D eigenvalue weighted by molar-refractivity contribution is 7.22. The summed E-state index contributed by atoms with van der Waals surface area (Å²) in [6, 6.07) is 15.9. The van der Waals surface area contributed by atoms with Crippen LogP contribution in [0.15, 0.2) is 59.7 Å². The van der Waals surface area contributed by atoms with E-state index in [0.717, 1.165) is 45.9 Å². The van der Waals surface area contributed by atoms with Gasteiger partial charge in [-0.2, -0.15) is 0 Å². The number of hydrogen-bond acceptors (Lipinski definition) is 6. The second kappa shape index (κ2) is 8.85. The van der Waals surface area contributed by atoms with Crippen LogP contribution in [0.5, 0.6) is 11.5 Å². The van der Waals surface area contributed by atoms with Crippen molar-refractivity contribution in [3.63, 3.8) is 0 Å². The van der Waals surface area contributed by atoms with E-state index in [1.54, 1.807) is 0 Å². The first-order valence-corrected chi connectivity index (χ1v) is 12.6. The monoisotopic (exact) mass is 487 g/mol. The van der Waals surface area contributed by atoms with Crippen molar-refractivity contribution >= 4 is 27.5 Å². The number of amides is 1. The number of nitrogens with zero attached hydrogens (tertiary/aromatic N) is 3. The molecule has 4 aromatic rings. The second-order valence-corrected chi connectivity index (χ2v) is 9.93. The first-order valence-electron chi connectivity index (χ1n) is 11.8. The number of benzene rings is 2. The molecule has 0 saturated carbocycles. The molecule has 0 aliphatic carbocycles. The molecule has 0 unspecified atom stereocenters. The fraction of sp³-hybridized carbons (Fsp3) is 0.296. The van der Waals surface area contributed by atoms with Gasteiger partial charge in [-0.1, -0.05) is 36.4 Å². The van der Waals surface area contributed by atoms with Gasteiger partial charge < -0.3 is 14.4 Å². The molecule has 2 aliphatic rings. The number of thiophene rings is 1. The van der Waals surface area contributed by atoms with Crippen LogP contribution in [0.4, 0.5) is 0 Å². The topological polar surface area (TPSA) is 73.7 Å². The van der Waals surface area contributed by atoms with Gasteiger partial charge in [0.15, 0.2) is 11.5 Å². The van der Waals surface area contributed by atoms with E-state index in [2.05, 4.69) is 4.98 Å². The van der Waals surface area contributed by atoms with E-state index in [1.807, 2.05) is 60.4 Å². The van der Waals surface area contributed by atoms with E-state index in [9.17, 15) is 9.59 Å². The minimum Gasteiger partial charge on any atom is -0.486 e. The van der Waals surface area contributed by atoms with Crippen molar-refractivity contribution in [3.05, 3.63) is 76.3 Å². The Bertz CT molecular complexity index is 1480. The van der Waals surface area contributed by atoms with Crippen LogP contribution in [0, 0.1) is 6.92 Å². The molecule has 1 amide bonds. The molecule has 2 aliphatic heterocycles. The Morgan fingerprint density at radius 1 is 1.11 bits per heavy atom. The van der Waals surface area contributed by atoms with Gasteiger partial charge >= 0.3 is 0 Å². The van der Waals surface area contributed by atoms with Gasteiger partial charge in [-0.25, -0.2) is 4.98 Å². The first-order chi connectivity index (χ1) is 17.1. The molecule has 1 atom stereocenters. The summed E-state index contributed by atoms with van der Waals surface area (Å²) in [6.45, 7) is 3.66. The summed E-state index contributed by atoms with van der Waals surface area (Å²) >= 11 is 1.51. The Morgan fingerprint density at radius 3 is 2.74 bits per heavy atom. The van der Waals surface area contributed by atoms with Gasteiger partial charge in [-0.05, 0) is 48.6 Å². The summed E-state index contributed by atoms with van der Waals surface area (Å²) in [5, 5.41) is 0.592. The third-order valence-corrected chi connectivity index (χ3v) is 8.03. The van der Waals surface area contributed by atoms with E-state index in [1.165, 1.54) is 22.2 Å². The van der Waals surface area contributed by atoms with Gasteiger partial charge in [0.05, 0.1) is 17.8 Å². The Hall–Kier alpha value is -3.65. The average molecular weight is 488 g/mol. The third-order valence-electron chi connectivity index (χ3n) is 6.78. The Kier molecular flexibility index (Phi) is 5.53. The SMILES string of the molecule is Cc1c(-c2ccccc2)sc2ncn(CC(=O)N3CCC[C@@H]3c3ccc4c(c3)OCCO4)c(=O)c12. The van der Waals surface area contributed by atoms with Crippen molar-refractivity contribution < 1.29 is 14.3 Å². The summed E-state index contributed by atoms with van der Waals surface area (Å²) in [4.78, 5) is 34.9. The maximum Gasteiger partial charge on any atom is 0.262 e. The molecule has 0 N–H and O–H groups in total. The zero-order valence-electron chi connectivity index (χ0n) is 19.4.